The van der Waals surface area contributed by atoms with Crippen molar-refractivity contribution in [2.45, 2.75) is 18.9 Å². The molecule has 1 aromatic carbocycles. The zero-order valence-electron chi connectivity index (χ0n) is 8.68. The summed E-state index contributed by atoms with van der Waals surface area (Å²) in [5.41, 5.74) is 7.55. The van der Waals surface area contributed by atoms with Crippen LogP contribution in [0.4, 0.5) is 0 Å². The number of carboxylic acids is 1. The molecule has 0 amide bonds. The maximum atomic E-state index is 10.5. The lowest BCUT2D eigenvalue weighted by molar-refractivity contribution is -0.215. The molecule has 0 saturated heterocycles. The van der Waals surface area contributed by atoms with Gasteiger partial charge in [0.05, 0.1) is 13.0 Å². The first kappa shape index (κ1) is 10.9. The van der Waals surface area contributed by atoms with Crippen LogP contribution >= 0.6 is 0 Å². The minimum absolute atomic E-state index is 0.0976. The largest absolute Gasteiger partial charge is 0.481 e. The summed E-state index contributed by atoms with van der Waals surface area (Å²) in [6.45, 7) is 0.535. The number of nitrogens with two attached hydrogens (primary N) is 1. The summed E-state index contributed by atoms with van der Waals surface area (Å²) in [7, 11) is 0. The minimum atomic E-state index is -0.914. The van der Waals surface area contributed by atoms with Crippen LogP contribution in [0.3, 0.4) is 0 Å². The van der Waals surface area contributed by atoms with E-state index < -0.39 is 12.0 Å². The maximum Gasteiger partial charge on any atom is 0.305 e. The van der Waals surface area contributed by atoms with Crippen LogP contribution in [0.1, 0.15) is 23.6 Å². The quantitative estimate of drug-likeness (QED) is 0.748. The van der Waals surface area contributed by atoms with Gasteiger partial charge in [-0.05, 0) is 11.6 Å². The van der Waals surface area contributed by atoms with E-state index in [-0.39, 0.29) is 6.42 Å². The molecule has 0 saturated carbocycles. The lowest BCUT2D eigenvalue weighted by atomic mass is 10.0. The molecule has 1 aliphatic heterocycles. The molecular formula is C11H13NO4. The highest BCUT2D eigenvalue weighted by molar-refractivity contribution is 5.68. The van der Waals surface area contributed by atoms with Gasteiger partial charge in [0, 0.05) is 18.0 Å². The first-order valence-electron chi connectivity index (χ1n) is 5.06. The fourth-order valence-electron chi connectivity index (χ4n) is 1.65. The number of fused-ring (bicyclic) bond motifs is 1. The highest BCUT2D eigenvalue weighted by atomic mass is 17.2. The number of aliphatic carboxylic acids is 1. The van der Waals surface area contributed by atoms with Gasteiger partial charge in [0.1, 0.15) is 0 Å². The molecular weight excluding hydrogens is 210 g/mol. The van der Waals surface area contributed by atoms with E-state index in [0.29, 0.717) is 12.4 Å². The second kappa shape index (κ2) is 4.51. The highest BCUT2D eigenvalue weighted by Gasteiger charge is 2.16. The molecule has 1 heterocycles. The molecule has 0 radical (unpaired) electrons. The predicted octanol–water partition coefficient (Wildman–Crippen LogP) is 1.03. The Labute approximate surface area is 92.7 Å². The molecule has 2 rings (SSSR count). The van der Waals surface area contributed by atoms with Crippen LogP contribution in [0.25, 0.3) is 0 Å². The molecule has 0 aliphatic carbocycles. The lowest BCUT2D eigenvalue weighted by Gasteiger charge is -2.18. The van der Waals surface area contributed by atoms with E-state index in [1.165, 1.54) is 0 Å². The first-order valence-corrected chi connectivity index (χ1v) is 5.06. The van der Waals surface area contributed by atoms with Crippen molar-refractivity contribution in [1.82, 2.24) is 0 Å². The van der Waals surface area contributed by atoms with Crippen LogP contribution < -0.4 is 10.6 Å². The zero-order valence-corrected chi connectivity index (χ0v) is 8.68. The van der Waals surface area contributed by atoms with Crippen molar-refractivity contribution >= 4 is 5.97 Å². The maximum absolute atomic E-state index is 10.5. The summed E-state index contributed by atoms with van der Waals surface area (Å²) in [6, 6.07) is 4.95. The molecule has 3 N–H and O–H groups in total. The SMILES string of the molecule is NC(CC(=O)O)c1ccc2c(c1)OOCC2. The smallest absolute Gasteiger partial charge is 0.305 e. The van der Waals surface area contributed by atoms with Gasteiger partial charge in [-0.2, -0.15) is 4.89 Å². The Morgan fingerprint density at radius 1 is 1.56 bits per heavy atom. The molecule has 0 bridgehead atoms. The second-order valence-corrected chi connectivity index (χ2v) is 3.73. The van der Waals surface area contributed by atoms with Gasteiger partial charge in [0.25, 0.3) is 0 Å². The highest BCUT2D eigenvalue weighted by Crippen LogP contribution is 2.27. The van der Waals surface area contributed by atoms with Gasteiger partial charge in [-0.3, -0.25) is 4.79 Å². The molecule has 0 fully saturated rings. The molecule has 16 heavy (non-hydrogen) atoms. The molecule has 1 unspecified atom stereocenters. The monoisotopic (exact) mass is 223 g/mol. The van der Waals surface area contributed by atoms with E-state index in [2.05, 4.69) is 0 Å². The minimum Gasteiger partial charge on any atom is -0.481 e. The summed E-state index contributed by atoms with van der Waals surface area (Å²) >= 11 is 0. The van der Waals surface area contributed by atoms with Gasteiger partial charge in [-0.15, -0.1) is 0 Å². The Hall–Kier alpha value is -1.59. The summed E-state index contributed by atoms with van der Waals surface area (Å²) < 4.78 is 0. The zero-order chi connectivity index (χ0) is 11.5. The molecule has 0 spiro atoms. The number of hydrogen-bond donors (Lipinski definition) is 2. The van der Waals surface area contributed by atoms with Crippen LogP contribution in [0.15, 0.2) is 18.2 Å². The summed E-state index contributed by atoms with van der Waals surface area (Å²) in [6.07, 6.45) is 0.698. The van der Waals surface area contributed by atoms with Gasteiger partial charge in [0.2, 0.25) is 0 Å². The van der Waals surface area contributed by atoms with E-state index in [1.54, 1.807) is 6.07 Å². The molecule has 86 valence electrons. The summed E-state index contributed by atoms with van der Waals surface area (Å²) in [4.78, 5) is 20.4. The van der Waals surface area contributed by atoms with Crippen LogP contribution in [0, 0.1) is 0 Å². The fourth-order valence-corrected chi connectivity index (χ4v) is 1.65. The Bertz CT molecular complexity index is 405. The van der Waals surface area contributed by atoms with E-state index in [1.807, 2.05) is 12.1 Å². The van der Waals surface area contributed by atoms with Crippen LogP contribution in [0.2, 0.25) is 0 Å². The van der Waals surface area contributed by atoms with Gasteiger partial charge in [-0.1, -0.05) is 12.1 Å². The van der Waals surface area contributed by atoms with Crippen molar-refractivity contribution in [3.63, 3.8) is 0 Å². The molecule has 5 nitrogen and oxygen atoms in total. The van der Waals surface area contributed by atoms with Crippen molar-refractivity contribution in [2.75, 3.05) is 6.61 Å². The number of benzene rings is 1. The third kappa shape index (κ3) is 2.32. The Balaban J connectivity index is 2.19. The average molecular weight is 223 g/mol. The fraction of sp³-hybridized carbons (Fsp3) is 0.364. The Morgan fingerprint density at radius 3 is 3.12 bits per heavy atom. The summed E-state index contributed by atoms with van der Waals surface area (Å²) in [5.74, 6) is -0.285. The van der Waals surface area contributed by atoms with Crippen molar-refractivity contribution in [3.05, 3.63) is 29.3 Å². The molecule has 1 atom stereocenters. The van der Waals surface area contributed by atoms with Crippen molar-refractivity contribution in [3.8, 4) is 5.75 Å². The molecule has 0 aromatic heterocycles. The standard InChI is InChI=1S/C11H13NO4/c12-9(6-11(13)14)8-2-1-7-3-4-15-16-10(7)5-8/h1-2,5,9H,3-4,6,12H2,(H,13,14). The number of carboxylic acid groups (broad SMARTS) is 1. The van der Waals surface area contributed by atoms with Crippen LogP contribution in [0.5, 0.6) is 5.75 Å². The van der Waals surface area contributed by atoms with Gasteiger partial charge in [0.15, 0.2) is 5.75 Å². The first-order chi connectivity index (χ1) is 7.66. The van der Waals surface area contributed by atoms with E-state index in [4.69, 9.17) is 20.6 Å². The van der Waals surface area contributed by atoms with Gasteiger partial charge in [-0.25, -0.2) is 0 Å². The van der Waals surface area contributed by atoms with Crippen molar-refractivity contribution in [1.29, 1.82) is 0 Å². The van der Waals surface area contributed by atoms with E-state index >= 15 is 0 Å². The number of hydrogen-bond acceptors (Lipinski definition) is 4. The molecule has 1 aromatic rings. The predicted molar refractivity (Wildman–Crippen MR) is 55.9 cm³/mol. The Kier molecular flexibility index (Phi) is 3.07. The van der Waals surface area contributed by atoms with E-state index in [0.717, 1.165) is 17.5 Å². The number of rotatable bonds is 3. The van der Waals surface area contributed by atoms with Gasteiger partial charge < -0.3 is 15.7 Å². The number of carbonyl (C=O) groups is 1. The van der Waals surface area contributed by atoms with Crippen molar-refractivity contribution < 1.29 is 19.7 Å². The van der Waals surface area contributed by atoms with E-state index in [9.17, 15) is 4.79 Å². The average Bonchev–Trinajstić information content (AvgIpc) is 2.27. The van der Waals surface area contributed by atoms with Crippen molar-refractivity contribution in [2.24, 2.45) is 5.73 Å². The topological polar surface area (TPSA) is 81.8 Å². The normalized spacial score (nSPS) is 16.1. The third-order valence-electron chi connectivity index (χ3n) is 2.52. The van der Waals surface area contributed by atoms with Crippen LogP contribution in [-0.4, -0.2) is 17.7 Å². The Morgan fingerprint density at radius 2 is 2.38 bits per heavy atom. The molecule has 5 heteroatoms. The second-order valence-electron chi connectivity index (χ2n) is 3.73. The van der Waals surface area contributed by atoms with Crippen LogP contribution in [-0.2, 0) is 16.1 Å². The third-order valence-corrected chi connectivity index (χ3v) is 2.52. The van der Waals surface area contributed by atoms with Gasteiger partial charge >= 0.3 is 5.97 Å². The lowest BCUT2D eigenvalue weighted by Crippen LogP contribution is -2.16. The molecule has 1 aliphatic rings. The summed E-state index contributed by atoms with van der Waals surface area (Å²) in [5, 5.41) is 8.65.